The van der Waals surface area contributed by atoms with Crippen molar-refractivity contribution in [3.63, 3.8) is 0 Å². The molecule has 31 heavy (non-hydrogen) atoms. The molecule has 0 aliphatic carbocycles. The average Bonchev–Trinajstić information content (AvgIpc) is 2.83. The molecule has 0 unspecified atom stereocenters. The van der Waals surface area contributed by atoms with E-state index in [9.17, 15) is 10.1 Å². The summed E-state index contributed by atoms with van der Waals surface area (Å²) in [5.41, 5.74) is 4.51. The van der Waals surface area contributed by atoms with E-state index in [0.29, 0.717) is 21.2 Å². The first kappa shape index (κ1) is 20.9. The standard InChI is InChI=1S/C26H17ClN2OS/c27-21-13-11-20(12-14-21)25(30)17-31-26-23(16-28)22(18-7-3-1-4-8-18)15-24(29-26)19-9-5-2-6-10-19/h1-15H,17H2. The van der Waals surface area contributed by atoms with Crippen LogP contribution >= 0.6 is 23.4 Å². The molecule has 3 aromatic carbocycles. The van der Waals surface area contributed by atoms with Crippen LogP contribution in [0.3, 0.4) is 0 Å². The van der Waals surface area contributed by atoms with Crippen LogP contribution in [0.1, 0.15) is 15.9 Å². The van der Waals surface area contributed by atoms with Crippen molar-refractivity contribution in [1.29, 1.82) is 5.26 Å². The van der Waals surface area contributed by atoms with Crippen molar-refractivity contribution in [3.8, 4) is 28.5 Å². The maximum absolute atomic E-state index is 12.7. The van der Waals surface area contributed by atoms with Gasteiger partial charge in [0, 0.05) is 21.7 Å². The Labute approximate surface area is 190 Å². The van der Waals surface area contributed by atoms with Gasteiger partial charge in [0.15, 0.2) is 5.78 Å². The lowest BCUT2D eigenvalue weighted by Gasteiger charge is -2.12. The van der Waals surface area contributed by atoms with Crippen LogP contribution in [-0.2, 0) is 0 Å². The van der Waals surface area contributed by atoms with Crippen molar-refractivity contribution < 1.29 is 4.79 Å². The van der Waals surface area contributed by atoms with Crippen LogP contribution in [0.15, 0.2) is 96.0 Å². The summed E-state index contributed by atoms with van der Waals surface area (Å²) >= 11 is 7.20. The number of benzene rings is 3. The predicted octanol–water partition coefficient (Wildman–Crippen LogP) is 6.92. The highest BCUT2D eigenvalue weighted by Gasteiger charge is 2.17. The number of nitrogens with zero attached hydrogens (tertiary/aromatic N) is 2. The van der Waals surface area contributed by atoms with Gasteiger partial charge in [-0.15, -0.1) is 0 Å². The van der Waals surface area contributed by atoms with Gasteiger partial charge in [0.2, 0.25) is 0 Å². The molecule has 0 aliphatic heterocycles. The van der Waals surface area contributed by atoms with E-state index in [2.05, 4.69) is 6.07 Å². The molecule has 0 saturated heterocycles. The number of carbonyl (C=O) groups excluding carboxylic acids is 1. The average molecular weight is 441 g/mol. The largest absolute Gasteiger partial charge is 0.293 e. The van der Waals surface area contributed by atoms with Gasteiger partial charge in [0.1, 0.15) is 11.1 Å². The maximum Gasteiger partial charge on any atom is 0.173 e. The van der Waals surface area contributed by atoms with Gasteiger partial charge in [-0.1, -0.05) is 84.0 Å². The molecule has 150 valence electrons. The third-order valence-electron chi connectivity index (χ3n) is 4.76. The second kappa shape index (κ2) is 9.61. The fraction of sp³-hybridized carbons (Fsp3) is 0.0385. The molecule has 4 rings (SSSR count). The van der Waals surface area contributed by atoms with Crippen molar-refractivity contribution in [3.05, 3.63) is 107 Å². The molecule has 1 heterocycles. The summed E-state index contributed by atoms with van der Waals surface area (Å²) in [6.45, 7) is 0. The zero-order valence-corrected chi connectivity index (χ0v) is 18.0. The second-order valence-corrected chi connectivity index (χ2v) is 8.20. The first-order chi connectivity index (χ1) is 15.2. The molecule has 3 nitrogen and oxygen atoms in total. The molecular formula is C26H17ClN2OS. The van der Waals surface area contributed by atoms with Gasteiger partial charge in [0.25, 0.3) is 0 Å². The highest BCUT2D eigenvalue weighted by molar-refractivity contribution is 8.00. The lowest BCUT2D eigenvalue weighted by molar-refractivity contribution is 0.102. The molecule has 4 aromatic rings. The Bertz CT molecular complexity index is 1250. The van der Waals surface area contributed by atoms with Crippen LogP contribution in [0.4, 0.5) is 0 Å². The normalized spacial score (nSPS) is 10.5. The van der Waals surface area contributed by atoms with E-state index in [4.69, 9.17) is 16.6 Å². The lowest BCUT2D eigenvalue weighted by Crippen LogP contribution is -2.04. The molecule has 0 radical (unpaired) electrons. The van der Waals surface area contributed by atoms with E-state index >= 15 is 0 Å². The molecule has 0 atom stereocenters. The van der Waals surface area contributed by atoms with Crippen LogP contribution in [0, 0.1) is 11.3 Å². The molecule has 0 amide bonds. The van der Waals surface area contributed by atoms with E-state index in [1.54, 1.807) is 24.3 Å². The quantitative estimate of drug-likeness (QED) is 0.241. The summed E-state index contributed by atoms with van der Waals surface area (Å²) in [5, 5.41) is 11.1. The number of Topliss-reactive ketones (excluding diaryl/α,β-unsaturated/α-hetero) is 1. The van der Waals surface area contributed by atoms with Gasteiger partial charge in [-0.2, -0.15) is 5.26 Å². The highest BCUT2D eigenvalue weighted by atomic mass is 35.5. The molecule has 1 aromatic heterocycles. The number of hydrogen-bond acceptors (Lipinski definition) is 4. The number of aromatic nitrogens is 1. The summed E-state index contributed by atoms with van der Waals surface area (Å²) in [7, 11) is 0. The topological polar surface area (TPSA) is 53.8 Å². The minimum Gasteiger partial charge on any atom is -0.293 e. The molecule has 0 saturated carbocycles. The van der Waals surface area contributed by atoms with Crippen LogP contribution < -0.4 is 0 Å². The molecule has 0 aliphatic rings. The van der Waals surface area contributed by atoms with Gasteiger partial charge in [-0.05, 0) is 35.9 Å². The second-order valence-electron chi connectivity index (χ2n) is 6.80. The maximum atomic E-state index is 12.7. The fourth-order valence-electron chi connectivity index (χ4n) is 3.19. The van der Waals surface area contributed by atoms with Gasteiger partial charge >= 0.3 is 0 Å². The van der Waals surface area contributed by atoms with Gasteiger partial charge in [-0.3, -0.25) is 4.79 Å². The van der Waals surface area contributed by atoms with Crippen LogP contribution in [0.25, 0.3) is 22.4 Å². The van der Waals surface area contributed by atoms with Gasteiger partial charge < -0.3 is 0 Å². The van der Waals surface area contributed by atoms with E-state index in [0.717, 1.165) is 22.4 Å². The number of rotatable bonds is 6. The van der Waals surface area contributed by atoms with Crippen molar-refractivity contribution >= 4 is 29.1 Å². The van der Waals surface area contributed by atoms with E-state index in [1.165, 1.54) is 11.8 Å². The molecule has 0 N–H and O–H groups in total. The molecule has 0 spiro atoms. The Morgan fingerprint density at radius 1 is 0.903 bits per heavy atom. The number of carbonyl (C=O) groups is 1. The predicted molar refractivity (Wildman–Crippen MR) is 126 cm³/mol. The van der Waals surface area contributed by atoms with Gasteiger partial charge in [0.05, 0.1) is 17.0 Å². The molecule has 0 bridgehead atoms. The van der Waals surface area contributed by atoms with Crippen molar-refractivity contribution in [2.75, 3.05) is 5.75 Å². The zero-order chi connectivity index (χ0) is 21.6. The third-order valence-corrected chi connectivity index (χ3v) is 5.99. The smallest absolute Gasteiger partial charge is 0.173 e. The summed E-state index contributed by atoms with van der Waals surface area (Å²) in [6.07, 6.45) is 0. The SMILES string of the molecule is N#Cc1c(-c2ccccc2)cc(-c2ccccc2)nc1SCC(=O)c1ccc(Cl)cc1. The lowest BCUT2D eigenvalue weighted by atomic mass is 9.99. The van der Waals surface area contributed by atoms with E-state index < -0.39 is 0 Å². The Hall–Kier alpha value is -3.39. The summed E-state index contributed by atoms with van der Waals surface area (Å²) in [4.78, 5) is 17.4. The summed E-state index contributed by atoms with van der Waals surface area (Å²) < 4.78 is 0. The van der Waals surface area contributed by atoms with Crippen LogP contribution in [-0.4, -0.2) is 16.5 Å². The summed E-state index contributed by atoms with van der Waals surface area (Å²) in [5.74, 6) is 0.134. The number of halogens is 1. The van der Waals surface area contributed by atoms with Crippen molar-refractivity contribution in [1.82, 2.24) is 4.98 Å². The zero-order valence-electron chi connectivity index (χ0n) is 16.5. The number of hydrogen-bond donors (Lipinski definition) is 0. The van der Waals surface area contributed by atoms with E-state index in [-0.39, 0.29) is 11.5 Å². The number of thioether (sulfide) groups is 1. The molecular weight excluding hydrogens is 424 g/mol. The summed E-state index contributed by atoms with van der Waals surface area (Å²) in [6, 6.07) is 30.6. The Morgan fingerprint density at radius 3 is 2.13 bits per heavy atom. The molecule has 5 heteroatoms. The highest BCUT2D eigenvalue weighted by Crippen LogP contribution is 2.34. The number of ketones is 1. The first-order valence-electron chi connectivity index (χ1n) is 9.63. The van der Waals surface area contributed by atoms with Crippen molar-refractivity contribution in [2.24, 2.45) is 0 Å². The Kier molecular flexibility index (Phi) is 6.47. The number of nitriles is 1. The molecule has 0 fully saturated rings. The first-order valence-corrected chi connectivity index (χ1v) is 11.0. The monoisotopic (exact) mass is 440 g/mol. The van der Waals surface area contributed by atoms with Crippen LogP contribution in [0.5, 0.6) is 0 Å². The fourth-order valence-corrected chi connectivity index (χ4v) is 4.21. The third kappa shape index (κ3) is 4.86. The minimum absolute atomic E-state index is 0.0428. The van der Waals surface area contributed by atoms with E-state index in [1.807, 2.05) is 66.7 Å². The minimum atomic E-state index is -0.0428. The van der Waals surface area contributed by atoms with Crippen molar-refractivity contribution in [2.45, 2.75) is 5.03 Å². The number of pyridine rings is 1. The van der Waals surface area contributed by atoms with Crippen LogP contribution in [0.2, 0.25) is 5.02 Å². The van der Waals surface area contributed by atoms with Gasteiger partial charge in [-0.25, -0.2) is 4.98 Å². The Balaban J connectivity index is 1.74. The Morgan fingerprint density at radius 2 is 1.52 bits per heavy atom.